The topological polar surface area (TPSA) is 68.9 Å². The molecule has 6 nitrogen and oxygen atoms in total. The molecule has 2 aromatic carbocycles. The van der Waals surface area contributed by atoms with Crippen LogP contribution in [0.4, 0.5) is 5.69 Å². The standard InChI is InChI=1S/C28H32N4O2S/c1-5-20-11-9-10-14-23(20)29-24(33)18-35-28-30-25-22(21-12-7-6-8-13-21)17-31(4)26(25)27(34)32(28)16-15-19(2)3/h6-14,17,19H,5,15-16,18H2,1-4H3,(H,29,33). The summed E-state index contributed by atoms with van der Waals surface area (Å²) in [5.74, 6) is 0.500. The zero-order chi connectivity index (χ0) is 24.9. The van der Waals surface area contributed by atoms with Crippen molar-refractivity contribution in [3.63, 3.8) is 0 Å². The maximum atomic E-state index is 13.6. The lowest BCUT2D eigenvalue weighted by atomic mass is 10.1. The fourth-order valence-electron chi connectivity index (χ4n) is 4.14. The van der Waals surface area contributed by atoms with Crippen molar-refractivity contribution in [2.75, 3.05) is 11.1 Å². The molecule has 0 aliphatic rings. The van der Waals surface area contributed by atoms with Gasteiger partial charge in [-0.2, -0.15) is 0 Å². The molecule has 0 aliphatic carbocycles. The van der Waals surface area contributed by atoms with E-state index in [-0.39, 0.29) is 17.2 Å². The predicted molar refractivity (Wildman–Crippen MR) is 145 cm³/mol. The van der Waals surface area contributed by atoms with E-state index in [1.165, 1.54) is 11.8 Å². The van der Waals surface area contributed by atoms with Gasteiger partial charge in [0, 0.05) is 31.0 Å². The van der Waals surface area contributed by atoms with E-state index in [1.807, 2.05) is 72.4 Å². The maximum Gasteiger partial charge on any atom is 0.278 e. The first-order valence-corrected chi connectivity index (χ1v) is 13.0. The van der Waals surface area contributed by atoms with Gasteiger partial charge in [0.1, 0.15) is 11.0 Å². The van der Waals surface area contributed by atoms with E-state index in [2.05, 4.69) is 26.1 Å². The molecule has 1 N–H and O–H groups in total. The normalized spacial score (nSPS) is 11.3. The number of fused-ring (bicyclic) bond motifs is 1. The Morgan fingerprint density at radius 3 is 2.51 bits per heavy atom. The summed E-state index contributed by atoms with van der Waals surface area (Å²) in [6.07, 6.45) is 3.66. The summed E-state index contributed by atoms with van der Waals surface area (Å²) < 4.78 is 3.59. The van der Waals surface area contributed by atoms with E-state index in [4.69, 9.17) is 4.98 Å². The number of hydrogen-bond acceptors (Lipinski definition) is 4. The second-order valence-electron chi connectivity index (χ2n) is 9.10. The minimum atomic E-state index is -0.114. The lowest BCUT2D eigenvalue weighted by Gasteiger charge is -2.14. The van der Waals surface area contributed by atoms with Gasteiger partial charge in [0.05, 0.1) is 5.75 Å². The molecule has 0 aliphatic heterocycles. The lowest BCUT2D eigenvalue weighted by molar-refractivity contribution is -0.113. The molecule has 7 heteroatoms. The first kappa shape index (κ1) is 24.8. The van der Waals surface area contributed by atoms with Crippen LogP contribution in [0, 0.1) is 5.92 Å². The molecule has 0 radical (unpaired) electrons. The first-order chi connectivity index (χ1) is 16.9. The van der Waals surface area contributed by atoms with Gasteiger partial charge in [-0.25, -0.2) is 4.98 Å². The van der Waals surface area contributed by atoms with Gasteiger partial charge in [-0.3, -0.25) is 14.2 Å². The van der Waals surface area contributed by atoms with Crippen molar-refractivity contribution in [2.45, 2.75) is 45.3 Å². The number of anilines is 1. The van der Waals surface area contributed by atoms with Gasteiger partial charge in [-0.1, -0.05) is 81.1 Å². The molecule has 4 aromatic rings. The predicted octanol–water partition coefficient (Wildman–Crippen LogP) is 5.74. The molecule has 0 saturated carbocycles. The second-order valence-corrected chi connectivity index (χ2v) is 10.0. The van der Waals surface area contributed by atoms with Gasteiger partial charge >= 0.3 is 0 Å². The monoisotopic (exact) mass is 488 g/mol. The Hall–Kier alpha value is -3.32. The van der Waals surface area contributed by atoms with E-state index in [0.717, 1.165) is 35.2 Å². The summed E-state index contributed by atoms with van der Waals surface area (Å²) in [4.78, 5) is 31.4. The van der Waals surface area contributed by atoms with Crippen LogP contribution in [0.15, 0.2) is 70.7 Å². The number of amides is 1. The number of aryl methyl sites for hydroxylation is 2. The molecule has 0 fully saturated rings. The number of nitrogens with one attached hydrogen (secondary N) is 1. The number of aromatic nitrogens is 3. The minimum absolute atomic E-state index is 0.0698. The van der Waals surface area contributed by atoms with Crippen molar-refractivity contribution in [1.82, 2.24) is 14.1 Å². The highest BCUT2D eigenvalue weighted by Crippen LogP contribution is 2.29. The summed E-state index contributed by atoms with van der Waals surface area (Å²) in [7, 11) is 1.88. The second kappa shape index (κ2) is 11.0. The Balaban J connectivity index is 1.69. The molecular formula is C28H32N4O2S. The minimum Gasteiger partial charge on any atom is -0.344 e. The number of benzene rings is 2. The number of para-hydroxylation sites is 1. The first-order valence-electron chi connectivity index (χ1n) is 12.0. The van der Waals surface area contributed by atoms with Gasteiger partial charge < -0.3 is 9.88 Å². The molecule has 0 saturated heterocycles. The van der Waals surface area contributed by atoms with Crippen LogP contribution < -0.4 is 10.9 Å². The van der Waals surface area contributed by atoms with Crippen LogP contribution >= 0.6 is 11.8 Å². The highest BCUT2D eigenvalue weighted by atomic mass is 32.2. The van der Waals surface area contributed by atoms with Gasteiger partial charge in [-0.05, 0) is 36.0 Å². The van der Waals surface area contributed by atoms with Crippen LogP contribution in [0.3, 0.4) is 0 Å². The molecule has 4 rings (SSSR count). The van der Waals surface area contributed by atoms with Crippen LogP contribution in [0.2, 0.25) is 0 Å². The van der Waals surface area contributed by atoms with E-state index < -0.39 is 0 Å². The number of hydrogen-bond donors (Lipinski definition) is 1. The lowest BCUT2D eigenvalue weighted by Crippen LogP contribution is -2.26. The highest BCUT2D eigenvalue weighted by molar-refractivity contribution is 7.99. The largest absolute Gasteiger partial charge is 0.344 e. The van der Waals surface area contributed by atoms with Crippen molar-refractivity contribution in [2.24, 2.45) is 13.0 Å². The van der Waals surface area contributed by atoms with Gasteiger partial charge in [-0.15, -0.1) is 0 Å². The SMILES string of the molecule is CCc1ccccc1NC(=O)CSc1nc2c(-c3ccccc3)cn(C)c2c(=O)n1CCC(C)C. The zero-order valence-electron chi connectivity index (χ0n) is 20.7. The van der Waals surface area contributed by atoms with Gasteiger partial charge in [0.2, 0.25) is 5.91 Å². The van der Waals surface area contributed by atoms with Gasteiger partial charge in [0.15, 0.2) is 5.16 Å². The molecule has 2 aromatic heterocycles. The van der Waals surface area contributed by atoms with Crippen LogP contribution in [-0.4, -0.2) is 25.8 Å². The molecule has 35 heavy (non-hydrogen) atoms. The third kappa shape index (κ3) is 5.51. The van der Waals surface area contributed by atoms with E-state index in [0.29, 0.717) is 28.7 Å². The van der Waals surface area contributed by atoms with Crippen molar-refractivity contribution < 1.29 is 4.79 Å². The number of carbonyl (C=O) groups excluding carboxylic acids is 1. The number of thioether (sulfide) groups is 1. The van der Waals surface area contributed by atoms with Gasteiger partial charge in [0.25, 0.3) is 5.56 Å². The summed E-state index contributed by atoms with van der Waals surface area (Å²) in [6.45, 7) is 6.90. The van der Waals surface area contributed by atoms with Crippen LogP contribution in [-0.2, 0) is 24.8 Å². The molecule has 1 amide bonds. The summed E-state index contributed by atoms with van der Waals surface area (Å²) in [5.41, 5.74) is 5.03. The Morgan fingerprint density at radius 2 is 1.80 bits per heavy atom. The van der Waals surface area contributed by atoms with Crippen molar-refractivity contribution in [3.8, 4) is 11.1 Å². The highest BCUT2D eigenvalue weighted by Gasteiger charge is 2.19. The molecule has 0 atom stereocenters. The van der Waals surface area contributed by atoms with E-state index in [9.17, 15) is 9.59 Å². The molecule has 2 heterocycles. The average Bonchev–Trinajstić information content (AvgIpc) is 3.19. The molecule has 0 spiro atoms. The van der Waals surface area contributed by atoms with Crippen LogP contribution in [0.5, 0.6) is 0 Å². The molecular weight excluding hydrogens is 456 g/mol. The maximum absolute atomic E-state index is 13.6. The number of rotatable bonds is 9. The number of nitrogens with zero attached hydrogens (tertiary/aromatic N) is 3. The summed E-state index contributed by atoms with van der Waals surface area (Å²) in [6, 6.07) is 17.8. The molecule has 0 bridgehead atoms. The Kier molecular flexibility index (Phi) is 7.76. The number of carbonyl (C=O) groups is 1. The van der Waals surface area contributed by atoms with Crippen molar-refractivity contribution in [3.05, 3.63) is 76.7 Å². The summed E-state index contributed by atoms with van der Waals surface area (Å²) >= 11 is 1.31. The Bertz CT molecular complexity index is 1390. The quantitative estimate of drug-likeness (QED) is 0.241. The van der Waals surface area contributed by atoms with E-state index in [1.54, 1.807) is 4.57 Å². The van der Waals surface area contributed by atoms with E-state index >= 15 is 0 Å². The average molecular weight is 489 g/mol. The Morgan fingerprint density at radius 1 is 1.09 bits per heavy atom. The fourth-order valence-corrected chi connectivity index (χ4v) is 4.96. The van der Waals surface area contributed by atoms with Crippen LogP contribution in [0.1, 0.15) is 32.8 Å². The Labute approximate surface area is 210 Å². The fraction of sp³-hybridized carbons (Fsp3) is 0.321. The smallest absolute Gasteiger partial charge is 0.278 e. The third-order valence-corrected chi connectivity index (χ3v) is 7.04. The van der Waals surface area contributed by atoms with Crippen molar-refractivity contribution >= 4 is 34.4 Å². The van der Waals surface area contributed by atoms with Crippen molar-refractivity contribution in [1.29, 1.82) is 0 Å². The molecule has 0 unspecified atom stereocenters. The molecule has 182 valence electrons. The summed E-state index contributed by atoms with van der Waals surface area (Å²) in [5, 5.41) is 3.59. The third-order valence-electron chi connectivity index (χ3n) is 6.06. The van der Waals surface area contributed by atoms with Crippen LogP contribution in [0.25, 0.3) is 22.2 Å². The zero-order valence-corrected chi connectivity index (χ0v) is 21.6.